The number of hydrogen-bond donors (Lipinski definition) is 0. The van der Waals surface area contributed by atoms with Gasteiger partial charge in [-0.25, -0.2) is 0 Å². The number of carbonyl (C=O) groups is 1. The van der Waals surface area contributed by atoms with E-state index in [1.54, 1.807) is 15.8 Å². The lowest BCUT2D eigenvalue weighted by Gasteiger charge is -2.19. The summed E-state index contributed by atoms with van der Waals surface area (Å²) in [6.07, 6.45) is 4.18. The van der Waals surface area contributed by atoms with Crippen molar-refractivity contribution in [2.75, 3.05) is 11.9 Å². The molecular formula is C15H18BrN3O. The van der Waals surface area contributed by atoms with Gasteiger partial charge >= 0.3 is 0 Å². The molecule has 0 saturated carbocycles. The first-order chi connectivity index (χ1) is 9.47. The van der Waals surface area contributed by atoms with Crippen LogP contribution in [0.2, 0.25) is 0 Å². The summed E-state index contributed by atoms with van der Waals surface area (Å²) in [5, 5.41) is 4.19. The Hall–Kier alpha value is -1.62. The van der Waals surface area contributed by atoms with Gasteiger partial charge in [-0.3, -0.25) is 9.48 Å². The number of anilines is 1. The minimum atomic E-state index is 0.0866. The lowest BCUT2D eigenvalue weighted by Crippen LogP contribution is -2.27. The van der Waals surface area contributed by atoms with Gasteiger partial charge in [0.1, 0.15) is 0 Å². The number of halogens is 1. The van der Waals surface area contributed by atoms with Gasteiger partial charge in [-0.1, -0.05) is 15.9 Å². The SMILES string of the molecule is Cc1cnn(CCC(=O)N(C)c2ccc(Br)cc2C)c1. The second-order valence-electron chi connectivity index (χ2n) is 4.91. The molecule has 0 aliphatic rings. The van der Waals surface area contributed by atoms with Crippen molar-refractivity contribution < 1.29 is 4.79 Å². The molecule has 0 aliphatic carbocycles. The van der Waals surface area contributed by atoms with Gasteiger partial charge in [0.2, 0.25) is 5.91 Å². The summed E-state index contributed by atoms with van der Waals surface area (Å²) in [7, 11) is 1.81. The molecule has 0 spiro atoms. The van der Waals surface area contributed by atoms with Crippen LogP contribution in [-0.4, -0.2) is 22.7 Å². The first-order valence-electron chi connectivity index (χ1n) is 6.49. The van der Waals surface area contributed by atoms with Crippen molar-refractivity contribution in [3.05, 3.63) is 46.2 Å². The topological polar surface area (TPSA) is 38.1 Å². The van der Waals surface area contributed by atoms with E-state index in [4.69, 9.17) is 0 Å². The molecular weight excluding hydrogens is 318 g/mol. The first kappa shape index (κ1) is 14.8. The molecule has 2 rings (SSSR count). The second-order valence-corrected chi connectivity index (χ2v) is 5.83. The van der Waals surface area contributed by atoms with Crippen LogP contribution in [0, 0.1) is 13.8 Å². The zero-order valence-electron chi connectivity index (χ0n) is 11.9. The van der Waals surface area contributed by atoms with E-state index in [1.807, 2.05) is 45.3 Å². The standard InChI is InChI=1S/C15H18BrN3O/c1-11-9-17-19(10-11)7-6-15(20)18(3)14-5-4-13(16)8-12(14)2/h4-5,8-10H,6-7H2,1-3H3. The molecule has 0 fully saturated rings. The molecule has 106 valence electrons. The average molecular weight is 336 g/mol. The summed E-state index contributed by atoms with van der Waals surface area (Å²) in [5.74, 6) is 0.0866. The zero-order valence-corrected chi connectivity index (χ0v) is 13.5. The quantitative estimate of drug-likeness (QED) is 0.859. The van der Waals surface area contributed by atoms with Crippen LogP contribution in [0.1, 0.15) is 17.5 Å². The number of nitrogens with zero attached hydrogens (tertiary/aromatic N) is 3. The van der Waals surface area contributed by atoms with Crippen LogP contribution in [0.25, 0.3) is 0 Å². The molecule has 20 heavy (non-hydrogen) atoms. The maximum absolute atomic E-state index is 12.2. The van der Waals surface area contributed by atoms with Crippen LogP contribution < -0.4 is 4.90 Å². The molecule has 1 aromatic heterocycles. The van der Waals surface area contributed by atoms with Crippen molar-refractivity contribution >= 4 is 27.5 Å². The van der Waals surface area contributed by atoms with E-state index in [0.717, 1.165) is 21.3 Å². The molecule has 0 aliphatic heterocycles. The maximum atomic E-state index is 12.2. The van der Waals surface area contributed by atoms with Gasteiger partial charge in [0.25, 0.3) is 0 Å². The fourth-order valence-electron chi connectivity index (χ4n) is 2.10. The van der Waals surface area contributed by atoms with Crippen LogP contribution >= 0.6 is 15.9 Å². The fourth-order valence-corrected chi connectivity index (χ4v) is 2.57. The van der Waals surface area contributed by atoms with E-state index in [0.29, 0.717) is 13.0 Å². The Balaban J connectivity index is 2.01. The Bertz CT molecular complexity index is 621. The number of carbonyl (C=O) groups excluding carboxylic acids is 1. The van der Waals surface area contributed by atoms with E-state index < -0.39 is 0 Å². The molecule has 0 N–H and O–H groups in total. The molecule has 0 saturated heterocycles. The predicted molar refractivity (Wildman–Crippen MR) is 83.9 cm³/mol. The Morgan fingerprint density at radius 3 is 2.75 bits per heavy atom. The van der Waals surface area contributed by atoms with Gasteiger partial charge in [-0.05, 0) is 43.2 Å². The molecule has 5 heteroatoms. The van der Waals surface area contributed by atoms with Crippen LogP contribution in [0.3, 0.4) is 0 Å². The van der Waals surface area contributed by atoms with Gasteiger partial charge in [0, 0.05) is 36.4 Å². The average Bonchev–Trinajstić information content (AvgIpc) is 2.81. The highest BCUT2D eigenvalue weighted by Gasteiger charge is 2.13. The van der Waals surface area contributed by atoms with Crippen LogP contribution in [0.15, 0.2) is 35.1 Å². The van der Waals surface area contributed by atoms with E-state index in [-0.39, 0.29) is 5.91 Å². The van der Waals surface area contributed by atoms with Crippen molar-refractivity contribution in [2.45, 2.75) is 26.8 Å². The molecule has 1 aromatic carbocycles. The number of aryl methyl sites for hydroxylation is 3. The van der Waals surface area contributed by atoms with Crippen LogP contribution in [0.5, 0.6) is 0 Å². The van der Waals surface area contributed by atoms with E-state index in [9.17, 15) is 4.79 Å². The van der Waals surface area contributed by atoms with Crippen molar-refractivity contribution in [3.63, 3.8) is 0 Å². The summed E-state index contributed by atoms with van der Waals surface area (Å²) in [4.78, 5) is 13.9. The number of aromatic nitrogens is 2. The van der Waals surface area contributed by atoms with Crippen molar-refractivity contribution in [2.24, 2.45) is 0 Å². The highest BCUT2D eigenvalue weighted by molar-refractivity contribution is 9.10. The second kappa shape index (κ2) is 6.22. The van der Waals surface area contributed by atoms with E-state index in [1.165, 1.54) is 0 Å². The minimum Gasteiger partial charge on any atom is -0.315 e. The smallest absolute Gasteiger partial charge is 0.228 e. The normalized spacial score (nSPS) is 10.6. The third kappa shape index (κ3) is 3.48. The molecule has 1 heterocycles. The zero-order chi connectivity index (χ0) is 14.7. The molecule has 1 amide bonds. The van der Waals surface area contributed by atoms with Gasteiger partial charge in [0.05, 0.1) is 6.20 Å². The van der Waals surface area contributed by atoms with Gasteiger partial charge in [0.15, 0.2) is 0 Å². The Labute approximate surface area is 127 Å². The van der Waals surface area contributed by atoms with Gasteiger partial charge < -0.3 is 4.90 Å². The molecule has 0 bridgehead atoms. The highest BCUT2D eigenvalue weighted by atomic mass is 79.9. The summed E-state index contributed by atoms with van der Waals surface area (Å²) in [6, 6.07) is 5.91. The minimum absolute atomic E-state index is 0.0866. The Morgan fingerprint density at radius 1 is 1.40 bits per heavy atom. The summed E-state index contributed by atoms with van der Waals surface area (Å²) in [5.41, 5.74) is 3.12. The number of amides is 1. The molecule has 4 nitrogen and oxygen atoms in total. The summed E-state index contributed by atoms with van der Waals surface area (Å²) >= 11 is 3.43. The molecule has 0 atom stereocenters. The lowest BCUT2D eigenvalue weighted by molar-refractivity contribution is -0.118. The predicted octanol–water partition coefficient (Wildman–Crippen LogP) is 3.32. The van der Waals surface area contributed by atoms with Gasteiger partial charge in [-0.2, -0.15) is 5.10 Å². The van der Waals surface area contributed by atoms with Crippen LogP contribution in [-0.2, 0) is 11.3 Å². The summed E-state index contributed by atoms with van der Waals surface area (Å²) in [6.45, 7) is 4.59. The third-order valence-corrected chi connectivity index (χ3v) is 3.70. The third-order valence-electron chi connectivity index (χ3n) is 3.21. The summed E-state index contributed by atoms with van der Waals surface area (Å²) < 4.78 is 2.82. The largest absolute Gasteiger partial charge is 0.315 e. The highest BCUT2D eigenvalue weighted by Crippen LogP contribution is 2.23. The van der Waals surface area contributed by atoms with Crippen molar-refractivity contribution in [1.82, 2.24) is 9.78 Å². The van der Waals surface area contributed by atoms with E-state index >= 15 is 0 Å². The molecule has 0 radical (unpaired) electrons. The number of benzene rings is 1. The number of rotatable bonds is 4. The Morgan fingerprint density at radius 2 is 2.15 bits per heavy atom. The van der Waals surface area contributed by atoms with E-state index in [2.05, 4.69) is 21.0 Å². The van der Waals surface area contributed by atoms with Gasteiger partial charge in [-0.15, -0.1) is 0 Å². The van der Waals surface area contributed by atoms with Crippen LogP contribution in [0.4, 0.5) is 5.69 Å². The fraction of sp³-hybridized carbons (Fsp3) is 0.333. The first-order valence-corrected chi connectivity index (χ1v) is 7.28. The monoisotopic (exact) mass is 335 g/mol. The molecule has 0 unspecified atom stereocenters. The maximum Gasteiger partial charge on any atom is 0.228 e. The van der Waals surface area contributed by atoms with Crippen molar-refractivity contribution in [3.8, 4) is 0 Å². The van der Waals surface area contributed by atoms with Crippen molar-refractivity contribution in [1.29, 1.82) is 0 Å². The Kier molecular flexibility index (Phi) is 4.60. The lowest BCUT2D eigenvalue weighted by atomic mass is 10.2. The molecule has 2 aromatic rings. The number of hydrogen-bond acceptors (Lipinski definition) is 2.